The van der Waals surface area contributed by atoms with E-state index in [-0.39, 0.29) is 5.41 Å². The summed E-state index contributed by atoms with van der Waals surface area (Å²) >= 11 is 0. The van der Waals surface area contributed by atoms with Crippen molar-refractivity contribution in [3.05, 3.63) is 217 Å². The van der Waals surface area contributed by atoms with Crippen LogP contribution in [0.5, 0.6) is 0 Å². The maximum absolute atomic E-state index is 2.41. The summed E-state index contributed by atoms with van der Waals surface area (Å²) in [6, 6.07) is 75.6. The molecular formula is C55H40N2. The highest BCUT2D eigenvalue weighted by molar-refractivity contribution is 6.09. The van der Waals surface area contributed by atoms with Crippen LogP contribution in [0, 0.1) is 0 Å². The van der Waals surface area contributed by atoms with Crippen molar-refractivity contribution < 1.29 is 0 Å². The third-order valence-corrected chi connectivity index (χ3v) is 12.2. The summed E-state index contributed by atoms with van der Waals surface area (Å²) in [5.41, 5.74) is 17.1. The molecule has 1 aromatic heterocycles. The van der Waals surface area contributed by atoms with Gasteiger partial charge in [0.1, 0.15) is 0 Å². The van der Waals surface area contributed by atoms with Crippen LogP contribution in [0.4, 0.5) is 17.1 Å². The number of anilines is 3. The van der Waals surface area contributed by atoms with E-state index in [1.165, 1.54) is 77.1 Å². The van der Waals surface area contributed by atoms with Crippen molar-refractivity contribution in [3.63, 3.8) is 0 Å². The molecule has 0 amide bonds. The summed E-state index contributed by atoms with van der Waals surface area (Å²) in [7, 11) is 0. The molecule has 1 aliphatic rings. The van der Waals surface area contributed by atoms with Gasteiger partial charge in [0.05, 0.1) is 11.0 Å². The van der Waals surface area contributed by atoms with E-state index in [0.717, 1.165) is 22.7 Å². The number of benzene rings is 9. The van der Waals surface area contributed by atoms with Crippen LogP contribution < -0.4 is 4.90 Å². The van der Waals surface area contributed by atoms with Crippen molar-refractivity contribution >= 4 is 49.6 Å². The average molecular weight is 729 g/mol. The lowest BCUT2D eigenvalue weighted by Gasteiger charge is -2.28. The van der Waals surface area contributed by atoms with Gasteiger partial charge in [-0.15, -0.1) is 0 Å². The molecule has 0 aliphatic heterocycles. The van der Waals surface area contributed by atoms with Gasteiger partial charge in [0.2, 0.25) is 0 Å². The molecule has 0 spiro atoms. The van der Waals surface area contributed by atoms with Crippen molar-refractivity contribution in [2.45, 2.75) is 19.3 Å². The Bertz CT molecular complexity index is 3070. The van der Waals surface area contributed by atoms with Crippen LogP contribution in [0.1, 0.15) is 25.0 Å². The summed E-state index contributed by atoms with van der Waals surface area (Å²) in [6.07, 6.45) is 0. The molecule has 1 heterocycles. The van der Waals surface area contributed by atoms with Crippen LogP contribution in [0.3, 0.4) is 0 Å². The fraction of sp³-hybridized carbons (Fsp3) is 0.0545. The molecule has 0 radical (unpaired) electrons. The molecular weight excluding hydrogens is 689 g/mol. The minimum atomic E-state index is -0.0962. The zero-order chi connectivity index (χ0) is 38.1. The second kappa shape index (κ2) is 13.0. The highest BCUT2D eigenvalue weighted by Crippen LogP contribution is 2.50. The summed E-state index contributed by atoms with van der Waals surface area (Å²) in [4.78, 5) is 2.40. The Morgan fingerprint density at radius 2 is 0.860 bits per heavy atom. The Balaban J connectivity index is 0.978. The molecule has 0 atom stereocenters. The van der Waals surface area contributed by atoms with Gasteiger partial charge < -0.3 is 9.47 Å². The van der Waals surface area contributed by atoms with Crippen LogP contribution >= 0.6 is 0 Å². The van der Waals surface area contributed by atoms with Gasteiger partial charge in [-0.05, 0) is 116 Å². The first kappa shape index (κ1) is 33.2. The Kier molecular flexibility index (Phi) is 7.55. The molecule has 0 saturated heterocycles. The number of hydrogen-bond donors (Lipinski definition) is 0. The third kappa shape index (κ3) is 5.33. The first-order valence-electron chi connectivity index (χ1n) is 19.8. The molecule has 9 aromatic carbocycles. The summed E-state index contributed by atoms with van der Waals surface area (Å²) < 4.78 is 2.37. The Morgan fingerprint density at radius 3 is 1.54 bits per heavy atom. The predicted octanol–water partition coefficient (Wildman–Crippen LogP) is 15.0. The molecule has 0 saturated carbocycles. The Labute approximate surface area is 333 Å². The van der Waals surface area contributed by atoms with Crippen molar-refractivity contribution in [1.29, 1.82) is 0 Å². The minimum Gasteiger partial charge on any atom is -0.310 e. The van der Waals surface area contributed by atoms with E-state index in [1.54, 1.807) is 0 Å². The number of hydrogen-bond acceptors (Lipinski definition) is 1. The molecule has 0 N–H and O–H groups in total. The summed E-state index contributed by atoms with van der Waals surface area (Å²) in [5.74, 6) is 0. The molecule has 1 aliphatic carbocycles. The van der Waals surface area contributed by atoms with Crippen molar-refractivity contribution in [3.8, 4) is 39.1 Å². The van der Waals surface area contributed by atoms with Gasteiger partial charge in [0, 0.05) is 38.9 Å². The molecule has 0 unspecified atom stereocenters. The van der Waals surface area contributed by atoms with Gasteiger partial charge in [-0.1, -0.05) is 159 Å². The molecule has 2 heteroatoms. The number of fused-ring (bicyclic) bond motifs is 7. The predicted molar refractivity (Wildman–Crippen MR) is 241 cm³/mol. The number of para-hydroxylation sites is 2. The van der Waals surface area contributed by atoms with E-state index >= 15 is 0 Å². The van der Waals surface area contributed by atoms with E-state index in [4.69, 9.17) is 0 Å². The van der Waals surface area contributed by atoms with E-state index < -0.39 is 0 Å². The quantitative estimate of drug-likeness (QED) is 0.165. The van der Waals surface area contributed by atoms with Gasteiger partial charge in [0.15, 0.2) is 0 Å². The zero-order valence-corrected chi connectivity index (χ0v) is 32.0. The summed E-state index contributed by atoms with van der Waals surface area (Å²) in [6.45, 7) is 4.71. The normalized spacial score (nSPS) is 12.9. The van der Waals surface area contributed by atoms with Gasteiger partial charge in [-0.25, -0.2) is 0 Å². The smallest absolute Gasteiger partial charge is 0.0541 e. The van der Waals surface area contributed by atoms with Crippen LogP contribution in [0.15, 0.2) is 206 Å². The van der Waals surface area contributed by atoms with Gasteiger partial charge in [0.25, 0.3) is 0 Å². The second-order valence-electron chi connectivity index (χ2n) is 15.8. The maximum atomic E-state index is 2.41. The van der Waals surface area contributed by atoms with Crippen molar-refractivity contribution in [1.82, 2.24) is 4.57 Å². The monoisotopic (exact) mass is 728 g/mol. The average Bonchev–Trinajstić information content (AvgIpc) is 3.72. The zero-order valence-electron chi connectivity index (χ0n) is 32.0. The van der Waals surface area contributed by atoms with Gasteiger partial charge >= 0.3 is 0 Å². The second-order valence-corrected chi connectivity index (χ2v) is 15.8. The van der Waals surface area contributed by atoms with Crippen LogP contribution in [0.25, 0.3) is 71.6 Å². The number of rotatable bonds is 6. The van der Waals surface area contributed by atoms with E-state index in [0.29, 0.717) is 0 Å². The minimum absolute atomic E-state index is 0.0962. The summed E-state index contributed by atoms with van der Waals surface area (Å²) in [5, 5.41) is 5.07. The van der Waals surface area contributed by atoms with E-state index in [9.17, 15) is 0 Å². The van der Waals surface area contributed by atoms with E-state index in [1.807, 2.05) is 0 Å². The van der Waals surface area contributed by atoms with Crippen molar-refractivity contribution in [2.75, 3.05) is 4.90 Å². The first-order chi connectivity index (χ1) is 28.0. The van der Waals surface area contributed by atoms with Gasteiger partial charge in [-0.3, -0.25) is 0 Å². The van der Waals surface area contributed by atoms with Crippen molar-refractivity contribution in [2.24, 2.45) is 0 Å². The Morgan fingerprint density at radius 1 is 0.368 bits per heavy atom. The number of aromatic nitrogens is 1. The highest BCUT2D eigenvalue weighted by atomic mass is 15.1. The third-order valence-electron chi connectivity index (χ3n) is 12.2. The fourth-order valence-electron chi connectivity index (χ4n) is 9.35. The maximum Gasteiger partial charge on any atom is 0.0541 e. The van der Waals surface area contributed by atoms with Crippen LogP contribution in [0.2, 0.25) is 0 Å². The lowest BCUT2D eigenvalue weighted by atomic mass is 9.82. The lowest BCUT2D eigenvalue weighted by molar-refractivity contribution is 0.660. The van der Waals surface area contributed by atoms with Crippen LogP contribution in [-0.4, -0.2) is 4.57 Å². The van der Waals surface area contributed by atoms with E-state index in [2.05, 4.69) is 230 Å². The molecule has 270 valence electrons. The molecule has 57 heavy (non-hydrogen) atoms. The molecule has 11 rings (SSSR count). The molecule has 0 bridgehead atoms. The molecule has 2 nitrogen and oxygen atoms in total. The molecule has 0 fully saturated rings. The SMILES string of the molecule is CC1(C)c2ccccc2-c2ccc(N(c3ccc(-c4ccc(-n5c6ccccc6c6ccccc65)cc4)cc3)c3ccc(-c4cccc5ccccc45)cc3)cc21. The van der Waals surface area contributed by atoms with Crippen LogP contribution in [-0.2, 0) is 5.41 Å². The highest BCUT2D eigenvalue weighted by Gasteiger charge is 2.35. The largest absolute Gasteiger partial charge is 0.310 e. The lowest BCUT2D eigenvalue weighted by Crippen LogP contribution is -2.16. The number of nitrogens with zero attached hydrogens (tertiary/aromatic N) is 2. The topological polar surface area (TPSA) is 8.17 Å². The van der Waals surface area contributed by atoms with Gasteiger partial charge in [-0.2, -0.15) is 0 Å². The Hall–Kier alpha value is -7.16. The first-order valence-corrected chi connectivity index (χ1v) is 19.8. The fourth-order valence-corrected chi connectivity index (χ4v) is 9.35. The molecule has 10 aromatic rings. The standard InChI is InChI=1S/C55H40N2/c1-55(2)51-19-8-5-15-47(51)48-35-34-44(36-52(48)55)56(42-32-26-40(27-33-42)46-18-11-13-39-12-3-4-14-45(39)46)41-28-22-37(23-29-41)38-24-30-43(31-25-38)57-53-20-9-6-16-49(53)50-17-7-10-21-54(50)57/h3-36H,1-2H3.